The number of nitrogens with zero attached hydrogens (tertiary/aromatic N) is 1. The molecule has 1 aliphatic rings. The quantitative estimate of drug-likeness (QED) is 0.574. The number of methoxy groups -OCH3 is 1. The zero-order valence-corrected chi connectivity index (χ0v) is 16.0. The molecule has 1 amide bonds. The van der Waals surface area contributed by atoms with Crippen LogP contribution in [0.4, 0.5) is 0 Å². The molecule has 0 bridgehead atoms. The van der Waals surface area contributed by atoms with Gasteiger partial charge in [-0.05, 0) is 42.7 Å². The summed E-state index contributed by atoms with van der Waals surface area (Å²) < 4.78 is 4.91. The molecule has 0 fully saturated rings. The van der Waals surface area contributed by atoms with Crippen LogP contribution in [0.15, 0.2) is 71.4 Å². The summed E-state index contributed by atoms with van der Waals surface area (Å²) in [5.41, 5.74) is 3.19. The molecule has 0 radical (unpaired) electrons. The highest BCUT2D eigenvalue weighted by molar-refractivity contribution is 6.30. The Kier molecular flexibility index (Phi) is 5.77. The lowest BCUT2D eigenvalue weighted by Gasteiger charge is -2.17. The summed E-state index contributed by atoms with van der Waals surface area (Å²) in [6.07, 6.45) is 2.41. The van der Waals surface area contributed by atoms with E-state index < -0.39 is 5.97 Å². The van der Waals surface area contributed by atoms with Crippen molar-refractivity contribution in [2.24, 2.45) is 0 Å². The minimum Gasteiger partial charge on any atom is -0.465 e. The van der Waals surface area contributed by atoms with E-state index in [0.29, 0.717) is 34.8 Å². The number of carbonyl (C=O) groups is 2. The van der Waals surface area contributed by atoms with Gasteiger partial charge in [0.25, 0.3) is 5.91 Å². The van der Waals surface area contributed by atoms with Gasteiger partial charge in [-0.3, -0.25) is 4.79 Å². The van der Waals surface area contributed by atoms with Crippen LogP contribution in [-0.2, 0) is 20.7 Å². The minimum absolute atomic E-state index is 0.196. The first-order valence-electron chi connectivity index (χ1n) is 8.64. The molecule has 0 aliphatic carbocycles. The van der Waals surface area contributed by atoms with E-state index in [1.165, 1.54) is 7.11 Å². The van der Waals surface area contributed by atoms with Crippen molar-refractivity contribution in [1.29, 1.82) is 0 Å². The lowest BCUT2D eigenvalue weighted by Crippen LogP contribution is -2.27. The summed E-state index contributed by atoms with van der Waals surface area (Å²) in [7, 11) is 1.32. The fourth-order valence-corrected chi connectivity index (χ4v) is 3.23. The molecular weight excluding hydrogens is 362 g/mol. The molecule has 0 aromatic heterocycles. The summed E-state index contributed by atoms with van der Waals surface area (Å²) in [4.78, 5) is 27.0. The fraction of sp³-hybridized carbons (Fsp3) is 0.182. The van der Waals surface area contributed by atoms with Crippen LogP contribution in [0.5, 0.6) is 0 Å². The molecule has 1 aliphatic heterocycles. The number of halogens is 1. The molecule has 2 aromatic carbocycles. The predicted molar refractivity (Wildman–Crippen MR) is 106 cm³/mol. The average Bonchev–Trinajstić information content (AvgIpc) is 2.92. The van der Waals surface area contributed by atoms with Crippen LogP contribution < -0.4 is 0 Å². The first kappa shape index (κ1) is 18.9. The van der Waals surface area contributed by atoms with Gasteiger partial charge in [0.2, 0.25) is 0 Å². The van der Waals surface area contributed by atoms with Crippen LogP contribution >= 0.6 is 11.6 Å². The Morgan fingerprint density at radius 1 is 1.11 bits per heavy atom. The third-order valence-electron chi connectivity index (χ3n) is 4.55. The molecule has 138 valence electrons. The zero-order chi connectivity index (χ0) is 19.4. The highest BCUT2D eigenvalue weighted by Gasteiger charge is 2.36. The smallest absolute Gasteiger partial charge is 0.340 e. The van der Waals surface area contributed by atoms with Gasteiger partial charge in [-0.25, -0.2) is 4.79 Å². The third kappa shape index (κ3) is 4.12. The normalized spacial score (nSPS) is 15.6. The maximum atomic E-state index is 13.0. The van der Waals surface area contributed by atoms with Crippen LogP contribution in [0.3, 0.4) is 0 Å². The maximum Gasteiger partial charge on any atom is 0.340 e. The van der Waals surface area contributed by atoms with E-state index in [-0.39, 0.29) is 5.91 Å². The van der Waals surface area contributed by atoms with Gasteiger partial charge in [-0.1, -0.05) is 54.1 Å². The molecule has 0 saturated heterocycles. The maximum absolute atomic E-state index is 13.0. The van der Waals surface area contributed by atoms with Crippen molar-refractivity contribution in [2.45, 2.75) is 13.3 Å². The Labute approximate surface area is 163 Å². The van der Waals surface area contributed by atoms with Crippen molar-refractivity contribution in [3.63, 3.8) is 0 Å². The minimum atomic E-state index is -0.511. The lowest BCUT2D eigenvalue weighted by atomic mass is 10.0. The van der Waals surface area contributed by atoms with E-state index >= 15 is 0 Å². The number of hydrogen-bond acceptors (Lipinski definition) is 3. The van der Waals surface area contributed by atoms with Crippen molar-refractivity contribution < 1.29 is 14.3 Å². The van der Waals surface area contributed by atoms with Crippen LogP contribution in [0.2, 0.25) is 5.02 Å². The number of hydrogen-bond donors (Lipinski definition) is 0. The van der Waals surface area contributed by atoms with E-state index in [0.717, 1.165) is 11.1 Å². The van der Waals surface area contributed by atoms with Gasteiger partial charge in [0.05, 0.1) is 18.3 Å². The SMILES string of the molecule is COC(=O)C1=C(C)N(CCc2ccccc2)C(=O)C1=Cc1ccc(Cl)cc1. The van der Waals surface area contributed by atoms with Gasteiger partial charge in [0.1, 0.15) is 0 Å². The van der Waals surface area contributed by atoms with Crippen LogP contribution in [0.25, 0.3) is 6.08 Å². The van der Waals surface area contributed by atoms with Gasteiger partial charge in [0.15, 0.2) is 0 Å². The van der Waals surface area contributed by atoms with E-state index in [4.69, 9.17) is 16.3 Å². The van der Waals surface area contributed by atoms with E-state index in [2.05, 4.69) is 0 Å². The van der Waals surface area contributed by atoms with Crippen molar-refractivity contribution in [2.75, 3.05) is 13.7 Å². The van der Waals surface area contributed by atoms with Crippen molar-refractivity contribution in [3.8, 4) is 0 Å². The summed E-state index contributed by atoms with van der Waals surface area (Å²) in [6, 6.07) is 17.0. The Bertz CT molecular complexity index is 914. The second-order valence-electron chi connectivity index (χ2n) is 6.25. The molecule has 0 spiro atoms. The van der Waals surface area contributed by atoms with E-state index in [1.807, 2.05) is 30.3 Å². The molecule has 5 heteroatoms. The second kappa shape index (κ2) is 8.23. The molecular formula is C22H20ClNO3. The predicted octanol–water partition coefficient (Wildman–Crippen LogP) is 4.26. The molecule has 4 nitrogen and oxygen atoms in total. The van der Waals surface area contributed by atoms with Gasteiger partial charge in [-0.2, -0.15) is 0 Å². The van der Waals surface area contributed by atoms with Gasteiger partial charge in [-0.15, -0.1) is 0 Å². The lowest BCUT2D eigenvalue weighted by molar-refractivity contribution is -0.136. The molecule has 1 heterocycles. The van der Waals surface area contributed by atoms with Crippen LogP contribution in [0.1, 0.15) is 18.1 Å². The van der Waals surface area contributed by atoms with Gasteiger partial charge in [0, 0.05) is 17.3 Å². The number of ether oxygens (including phenoxy) is 1. The Hall–Kier alpha value is -2.85. The summed E-state index contributed by atoms with van der Waals surface area (Å²) in [6.45, 7) is 2.27. The van der Waals surface area contributed by atoms with Crippen molar-refractivity contribution in [3.05, 3.63) is 87.6 Å². The topological polar surface area (TPSA) is 46.6 Å². The molecule has 3 rings (SSSR count). The number of rotatable bonds is 5. The Balaban J connectivity index is 1.92. The first-order chi connectivity index (χ1) is 13.0. The number of allylic oxidation sites excluding steroid dienone is 1. The van der Waals surface area contributed by atoms with Crippen LogP contribution in [0, 0.1) is 0 Å². The summed E-state index contributed by atoms with van der Waals surface area (Å²) >= 11 is 5.93. The first-order valence-corrected chi connectivity index (χ1v) is 9.01. The fourth-order valence-electron chi connectivity index (χ4n) is 3.11. The molecule has 0 atom stereocenters. The Morgan fingerprint density at radius 3 is 2.41 bits per heavy atom. The molecule has 0 saturated carbocycles. The standard InChI is InChI=1S/C22H20ClNO3/c1-15-20(22(26)27-2)19(14-17-8-10-18(23)11-9-17)21(25)24(15)13-12-16-6-4-3-5-7-16/h3-11,14H,12-13H2,1-2H3. The molecule has 0 unspecified atom stereocenters. The number of amides is 1. The molecule has 2 aromatic rings. The van der Waals surface area contributed by atoms with E-state index in [1.54, 1.807) is 42.2 Å². The van der Waals surface area contributed by atoms with E-state index in [9.17, 15) is 9.59 Å². The highest BCUT2D eigenvalue weighted by atomic mass is 35.5. The van der Waals surface area contributed by atoms with Gasteiger partial charge < -0.3 is 9.64 Å². The monoisotopic (exact) mass is 381 g/mol. The van der Waals surface area contributed by atoms with Crippen molar-refractivity contribution in [1.82, 2.24) is 4.90 Å². The van der Waals surface area contributed by atoms with Crippen molar-refractivity contribution >= 4 is 29.6 Å². The van der Waals surface area contributed by atoms with Crippen LogP contribution in [-0.4, -0.2) is 30.4 Å². The largest absolute Gasteiger partial charge is 0.465 e. The highest BCUT2D eigenvalue weighted by Crippen LogP contribution is 2.31. The Morgan fingerprint density at radius 2 is 1.78 bits per heavy atom. The summed E-state index contributed by atoms with van der Waals surface area (Å²) in [5.74, 6) is -0.706. The zero-order valence-electron chi connectivity index (χ0n) is 15.2. The summed E-state index contributed by atoms with van der Waals surface area (Å²) in [5, 5.41) is 0.610. The molecule has 0 N–H and O–H groups in total. The number of carbonyl (C=O) groups excluding carboxylic acids is 2. The average molecular weight is 382 g/mol. The molecule has 27 heavy (non-hydrogen) atoms. The third-order valence-corrected chi connectivity index (χ3v) is 4.80. The van der Waals surface area contributed by atoms with Gasteiger partial charge >= 0.3 is 5.97 Å². The number of benzene rings is 2. The number of esters is 1. The second-order valence-corrected chi connectivity index (χ2v) is 6.69.